The molecule has 3 N–H and O–H groups in total. The van der Waals surface area contributed by atoms with E-state index in [-0.39, 0.29) is 12.5 Å². The Morgan fingerprint density at radius 2 is 2.25 bits per heavy atom. The molecule has 0 radical (unpaired) electrons. The summed E-state index contributed by atoms with van der Waals surface area (Å²) in [5.74, 6) is 0.805. The number of ether oxygens (including phenoxy) is 1. The molecule has 0 fully saturated rings. The predicted octanol–water partition coefficient (Wildman–Crippen LogP) is -0.542. The van der Waals surface area contributed by atoms with Crippen molar-refractivity contribution in [2.75, 3.05) is 33.9 Å². The third kappa shape index (κ3) is 5.64. The minimum atomic E-state index is -0.641. The first kappa shape index (κ1) is 16.5. The molecule has 0 aromatic carbocycles. The summed E-state index contributed by atoms with van der Waals surface area (Å²) in [5.41, 5.74) is 5.23. The lowest BCUT2D eigenvalue weighted by Gasteiger charge is -2.14. The van der Waals surface area contributed by atoms with E-state index >= 15 is 0 Å². The Labute approximate surface area is 118 Å². The number of carbonyl (C=O) groups excluding carboxylic acids is 1. The summed E-state index contributed by atoms with van der Waals surface area (Å²) in [4.78, 5) is 17.6. The zero-order valence-electron chi connectivity index (χ0n) is 12.5. The van der Waals surface area contributed by atoms with Crippen LogP contribution in [0.3, 0.4) is 0 Å². The molecule has 1 heterocycles. The molecule has 0 aliphatic carbocycles. The molecule has 0 bridgehead atoms. The SMILES string of the molecule is COCCNC(=O)CN(C)Cc1nc(C(C)(C)N)no1. The maximum atomic E-state index is 11.6. The first-order valence-corrected chi connectivity index (χ1v) is 6.39. The molecule has 8 heteroatoms. The van der Waals surface area contributed by atoms with E-state index in [4.69, 9.17) is 15.0 Å². The van der Waals surface area contributed by atoms with Gasteiger partial charge in [0.15, 0.2) is 5.82 Å². The first-order chi connectivity index (χ1) is 9.32. The van der Waals surface area contributed by atoms with Crippen molar-refractivity contribution in [3.63, 3.8) is 0 Å². The average Bonchev–Trinajstić information content (AvgIpc) is 2.77. The second-order valence-electron chi connectivity index (χ2n) is 5.25. The molecule has 1 aromatic rings. The maximum Gasteiger partial charge on any atom is 0.240 e. The molecule has 1 rings (SSSR count). The Bertz CT molecular complexity index is 427. The van der Waals surface area contributed by atoms with Crippen LogP contribution in [0.15, 0.2) is 4.52 Å². The van der Waals surface area contributed by atoms with E-state index in [9.17, 15) is 4.79 Å². The van der Waals surface area contributed by atoms with Crippen LogP contribution < -0.4 is 11.1 Å². The zero-order valence-corrected chi connectivity index (χ0v) is 12.5. The van der Waals surface area contributed by atoms with Crippen LogP contribution in [0.1, 0.15) is 25.6 Å². The summed E-state index contributed by atoms with van der Waals surface area (Å²) in [7, 11) is 3.39. The molecule has 0 atom stereocenters. The average molecular weight is 285 g/mol. The summed E-state index contributed by atoms with van der Waals surface area (Å²) in [5, 5.41) is 6.56. The third-order valence-electron chi connectivity index (χ3n) is 2.49. The number of nitrogens with one attached hydrogen (secondary N) is 1. The van der Waals surface area contributed by atoms with Gasteiger partial charge < -0.3 is 20.3 Å². The number of aromatic nitrogens is 2. The summed E-state index contributed by atoms with van der Waals surface area (Å²) in [6.45, 7) is 5.22. The van der Waals surface area contributed by atoms with Crippen molar-refractivity contribution in [2.24, 2.45) is 5.73 Å². The van der Waals surface area contributed by atoms with Gasteiger partial charge in [-0.1, -0.05) is 5.16 Å². The maximum absolute atomic E-state index is 11.6. The van der Waals surface area contributed by atoms with Gasteiger partial charge in [-0.05, 0) is 20.9 Å². The minimum absolute atomic E-state index is 0.0801. The highest BCUT2D eigenvalue weighted by molar-refractivity contribution is 5.77. The van der Waals surface area contributed by atoms with Crippen LogP contribution in [0.5, 0.6) is 0 Å². The molecule has 8 nitrogen and oxygen atoms in total. The topological polar surface area (TPSA) is 107 Å². The Hall–Kier alpha value is -1.51. The van der Waals surface area contributed by atoms with Gasteiger partial charge in [-0.3, -0.25) is 9.69 Å². The van der Waals surface area contributed by atoms with Crippen molar-refractivity contribution < 1.29 is 14.1 Å². The normalized spacial score (nSPS) is 11.9. The second kappa shape index (κ2) is 7.32. The Kier molecular flexibility index (Phi) is 6.05. The van der Waals surface area contributed by atoms with Gasteiger partial charge in [0.1, 0.15) is 0 Å². The molecule has 20 heavy (non-hydrogen) atoms. The number of nitrogens with two attached hydrogens (primary N) is 1. The summed E-state index contributed by atoms with van der Waals surface area (Å²) in [6, 6.07) is 0. The number of methoxy groups -OCH3 is 1. The van der Waals surface area contributed by atoms with Crippen LogP contribution in [0.4, 0.5) is 0 Å². The van der Waals surface area contributed by atoms with Crippen molar-refractivity contribution >= 4 is 5.91 Å². The fourth-order valence-electron chi connectivity index (χ4n) is 1.46. The van der Waals surface area contributed by atoms with Crippen molar-refractivity contribution in [3.8, 4) is 0 Å². The fraction of sp³-hybridized carbons (Fsp3) is 0.750. The third-order valence-corrected chi connectivity index (χ3v) is 2.49. The van der Waals surface area contributed by atoms with Crippen LogP contribution in [-0.2, 0) is 21.6 Å². The van der Waals surface area contributed by atoms with Crippen LogP contribution in [0.25, 0.3) is 0 Å². The zero-order chi connectivity index (χ0) is 15.2. The molecule has 114 valence electrons. The Morgan fingerprint density at radius 3 is 2.80 bits per heavy atom. The molecule has 1 aromatic heterocycles. The van der Waals surface area contributed by atoms with E-state index in [1.165, 1.54) is 0 Å². The monoisotopic (exact) mass is 285 g/mol. The first-order valence-electron chi connectivity index (χ1n) is 6.39. The van der Waals surface area contributed by atoms with Gasteiger partial charge in [0.2, 0.25) is 11.8 Å². The second-order valence-corrected chi connectivity index (χ2v) is 5.25. The van der Waals surface area contributed by atoms with Crippen LogP contribution in [0, 0.1) is 0 Å². The van der Waals surface area contributed by atoms with Crippen LogP contribution in [0.2, 0.25) is 0 Å². The van der Waals surface area contributed by atoms with Gasteiger partial charge in [-0.25, -0.2) is 0 Å². The van der Waals surface area contributed by atoms with Gasteiger partial charge >= 0.3 is 0 Å². The lowest BCUT2D eigenvalue weighted by Crippen LogP contribution is -2.36. The van der Waals surface area contributed by atoms with Crippen LogP contribution in [-0.4, -0.2) is 54.8 Å². The standard InChI is InChI=1S/C12H23N5O3/c1-12(2,13)11-15-10(20-16-11)8-17(3)7-9(18)14-5-6-19-4/h5-8,13H2,1-4H3,(H,14,18). The summed E-state index contributed by atoms with van der Waals surface area (Å²) < 4.78 is 9.96. The van der Waals surface area contributed by atoms with Gasteiger partial charge in [-0.15, -0.1) is 0 Å². The van der Waals surface area contributed by atoms with Gasteiger partial charge in [-0.2, -0.15) is 4.98 Å². The lowest BCUT2D eigenvalue weighted by atomic mass is 10.1. The molecular formula is C12H23N5O3. The van der Waals surface area contributed by atoms with Gasteiger partial charge in [0, 0.05) is 13.7 Å². The molecule has 1 amide bonds. The number of hydrogen-bond acceptors (Lipinski definition) is 7. The van der Waals surface area contributed by atoms with E-state index in [1.807, 2.05) is 0 Å². The minimum Gasteiger partial charge on any atom is -0.383 e. The highest BCUT2D eigenvalue weighted by Crippen LogP contribution is 2.13. The van der Waals surface area contributed by atoms with E-state index in [2.05, 4.69) is 15.5 Å². The number of likely N-dealkylation sites (N-methyl/N-ethyl adjacent to an activating group) is 1. The molecule has 0 saturated heterocycles. The van der Waals surface area contributed by atoms with Crippen molar-refractivity contribution in [1.82, 2.24) is 20.4 Å². The molecular weight excluding hydrogens is 262 g/mol. The molecule has 0 aliphatic heterocycles. The Balaban J connectivity index is 2.40. The quantitative estimate of drug-likeness (QED) is 0.618. The van der Waals surface area contributed by atoms with Crippen LogP contribution >= 0.6 is 0 Å². The number of carbonyl (C=O) groups is 1. The van der Waals surface area contributed by atoms with E-state index in [1.54, 1.807) is 32.9 Å². The lowest BCUT2D eigenvalue weighted by molar-refractivity contribution is -0.122. The number of nitrogens with zero attached hydrogens (tertiary/aromatic N) is 3. The van der Waals surface area contributed by atoms with E-state index < -0.39 is 5.54 Å². The van der Waals surface area contributed by atoms with Gasteiger partial charge in [0.05, 0.1) is 25.2 Å². The number of hydrogen-bond donors (Lipinski definition) is 2. The smallest absolute Gasteiger partial charge is 0.240 e. The number of rotatable bonds is 8. The highest BCUT2D eigenvalue weighted by atomic mass is 16.5. The molecule has 0 unspecified atom stereocenters. The Morgan fingerprint density at radius 1 is 1.55 bits per heavy atom. The van der Waals surface area contributed by atoms with Crippen molar-refractivity contribution in [2.45, 2.75) is 25.9 Å². The van der Waals surface area contributed by atoms with Crippen molar-refractivity contribution in [3.05, 3.63) is 11.7 Å². The summed E-state index contributed by atoms with van der Waals surface area (Å²) in [6.07, 6.45) is 0. The molecule has 0 saturated carbocycles. The number of amides is 1. The highest BCUT2D eigenvalue weighted by Gasteiger charge is 2.22. The molecule has 0 aliphatic rings. The van der Waals surface area contributed by atoms with E-state index in [0.717, 1.165) is 0 Å². The van der Waals surface area contributed by atoms with Crippen molar-refractivity contribution in [1.29, 1.82) is 0 Å². The largest absolute Gasteiger partial charge is 0.383 e. The predicted molar refractivity (Wildman–Crippen MR) is 72.7 cm³/mol. The van der Waals surface area contributed by atoms with Gasteiger partial charge in [0.25, 0.3) is 0 Å². The van der Waals surface area contributed by atoms with E-state index in [0.29, 0.717) is 31.4 Å². The fourth-order valence-corrected chi connectivity index (χ4v) is 1.46. The molecule has 0 spiro atoms. The summed E-state index contributed by atoms with van der Waals surface area (Å²) >= 11 is 0.